The van der Waals surface area contributed by atoms with Crippen LogP contribution in [0.1, 0.15) is 112 Å². The second-order valence-corrected chi connectivity index (χ2v) is 11.3. The fraction of sp³-hybridized carbons (Fsp3) is 0.457. The Labute approximate surface area is 294 Å². The van der Waals surface area contributed by atoms with Crippen LogP contribution in [0.5, 0.6) is 0 Å². The first-order chi connectivity index (χ1) is 18.7. The van der Waals surface area contributed by atoms with Crippen molar-refractivity contribution in [2.24, 2.45) is 9.98 Å². The average molecular weight is 710 g/mol. The summed E-state index contributed by atoms with van der Waals surface area (Å²) in [6.45, 7) is 17.3. The van der Waals surface area contributed by atoms with Gasteiger partial charge in [0.2, 0.25) is 0 Å². The third-order valence-electron chi connectivity index (χ3n) is 6.99. The van der Waals surface area contributed by atoms with Crippen molar-refractivity contribution < 1.29 is 54.0 Å². The van der Waals surface area contributed by atoms with Crippen LogP contribution >= 0.6 is 11.6 Å². The summed E-state index contributed by atoms with van der Waals surface area (Å²) in [5.41, 5.74) is 13.4. The van der Waals surface area contributed by atoms with E-state index in [1.807, 2.05) is 26.0 Å². The molecule has 0 fully saturated rings. The molecular weight excluding hydrogens is 663 g/mol. The summed E-state index contributed by atoms with van der Waals surface area (Å²) in [5.74, 6) is 0. The van der Waals surface area contributed by atoms with Crippen LogP contribution in [0.3, 0.4) is 0 Å². The molecule has 3 rings (SSSR count). The van der Waals surface area contributed by atoms with E-state index >= 15 is 0 Å². The van der Waals surface area contributed by atoms with Crippen LogP contribution in [0.2, 0.25) is 5.02 Å². The normalized spacial score (nSPS) is 11.2. The van der Waals surface area contributed by atoms with E-state index in [0.29, 0.717) is 5.02 Å². The van der Waals surface area contributed by atoms with Crippen molar-refractivity contribution in [3.05, 3.63) is 86.2 Å². The smallest absolute Gasteiger partial charge is 1.00 e. The molecule has 0 spiro atoms. The zero-order valence-electron chi connectivity index (χ0n) is 26.8. The Kier molecular flexibility index (Phi) is 21.7. The molecule has 0 N–H and O–H groups in total. The van der Waals surface area contributed by atoms with E-state index in [1.165, 1.54) is 33.4 Å². The van der Waals surface area contributed by atoms with Gasteiger partial charge in [-0.1, -0.05) is 100 Å². The first-order valence-electron chi connectivity index (χ1n) is 14.7. The number of halogens is 4. The van der Waals surface area contributed by atoms with E-state index in [-0.39, 0.29) is 54.0 Å². The van der Waals surface area contributed by atoms with Gasteiger partial charge in [-0.25, -0.2) is 4.98 Å². The third kappa shape index (κ3) is 12.1. The van der Waals surface area contributed by atoms with Gasteiger partial charge in [-0.3, -0.25) is 9.98 Å². The maximum Gasteiger partial charge on any atom is 3.00 e. The molecule has 0 aliphatic heterocycles. The van der Waals surface area contributed by atoms with Gasteiger partial charge in [0.15, 0.2) is 0 Å². The van der Waals surface area contributed by atoms with Crippen LogP contribution in [0, 0.1) is 13.8 Å². The first-order valence-corrected chi connectivity index (χ1v) is 15.1. The minimum absolute atomic E-state index is 0. The Morgan fingerprint density at radius 2 is 0.860 bits per heavy atom. The Morgan fingerprint density at radius 3 is 1.12 bits per heavy atom. The molecule has 0 atom stereocenters. The molecule has 3 aromatic rings. The molecular formula is C35H46Cl4CoN3. The minimum atomic E-state index is 0. The Morgan fingerprint density at radius 1 is 0.581 bits per heavy atom. The molecule has 3 nitrogen and oxygen atoms in total. The molecule has 2 aromatic carbocycles. The van der Waals surface area contributed by atoms with Gasteiger partial charge in [0.25, 0.3) is 0 Å². The number of aromatic nitrogens is 1. The van der Waals surface area contributed by atoms with Gasteiger partial charge in [-0.15, -0.1) is 0 Å². The zero-order valence-corrected chi connectivity index (χ0v) is 30.9. The Balaban J connectivity index is 0. The van der Waals surface area contributed by atoms with Gasteiger partial charge in [0, 0.05) is 5.02 Å². The summed E-state index contributed by atoms with van der Waals surface area (Å²) in [7, 11) is 0. The largest absolute Gasteiger partial charge is 3.00 e. The zero-order chi connectivity index (χ0) is 28.5. The molecule has 0 saturated heterocycles. The Hall–Kier alpha value is -1.40. The van der Waals surface area contributed by atoms with Crippen molar-refractivity contribution in [2.75, 3.05) is 0 Å². The van der Waals surface area contributed by atoms with Crippen LogP contribution in [0.4, 0.5) is 11.4 Å². The molecule has 43 heavy (non-hydrogen) atoms. The monoisotopic (exact) mass is 707 g/mol. The summed E-state index contributed by atoms with van der Waals surface area (Å²) in [6, 6.07) is 13.0. The van der Waals surface area contributed by atoms with Gasteiger partial charge in [-0.2, -0.15) is 0 Å². The van der Waals surface area contributed by atoms with Crippen molar-refractivity contribution in [3.63, 3.8) is 0 Å². The van der Waals surface area contributed by atoms with Crippen LogP contribution in [0.15, 0.2) is 46.4 Å². The van der Waals surface area contributed by atoms with Crippen molar-refractivity contribution in [3.8, 4) is 0 Å². The summed E-state index contributed by atoms with van der Waals surface area (Å²) < 4.78 is 0. The van der Waals surface area contributed by atoms with Crippen molar-refractivity contribution in [1.29, 1.82) is 0 Å². The predicted octanol–water partition coefficient (Wildman–Crippen LogP) is 1.45. The van der Waals surface area contributed by atoms with Gasteiger partial charge in [0.05, 0.1) is 34.2 Å². The van der Waals surface area contributed by atoms with E-state index < -0.39 is 0 Å². The van der Waals surface area contributed by atoms with Gasteiger partial charge in [0.1, 0.15) is 0 Å². The quantitative estimate of drug-likeness (QED) is 0.263. The number of benzene rings is 2. The molecule has 1 aromatic heterocycles. The van der Waals surface area contributed by atoms with Gasteiger partial charge >= 0.3 is 16.8 Å². The Bertz CT molecular complexity index is 1220. The summed E-state index contributed by atoms with van der Waals surface area (Å²) in [6.07, 6.45) is 8.41. The number of aryl methyl sites for hydroxylation is 6. The molecule has 238 valence electrons. The van der Waals surface area contributed by atoms with Crippen LogP contribution < -0.4 is 37.2 Å². The first kappa shape index (κ1) is 43.7. The molecule has 0 bridgehead atoms. The number of rotatable bonds is 12. The molecule has 0 aliphatic rings. The number of hydrogen-bond acceptors (Lipinski definition) is 3. The van der Waals surface area contributed by atoms with Gasteiger partial charge in [-0.05, 0) is 87.8 Å². The van der Waals surface area contributed by atoms with E-state index in [0.717, 1.165) is 85.6 Å². The second-order valence-electron chi connectivity index (χ2n) is 10.8. The predicted molar refractivity (Wildman–Crippen MR) is 171 cm³/mol. The molecule has 1 heterocycles. The molecule has 0 amide bonds. The van der Waals surface area contributed by atoms with Gasteiger partial charge < -0.3 is 37.2 Å². The SMILES string of the molecule is CCCc1cc(C)cc(CCC)c1N=C(C)c1cc(Cl)cc(C(C)=Nc2c(CCC)cc(C)cc2CCC)n1.[Cl-].[Cl-].[Cl-].[Co+3]. The van der Waals surface area contributed by atoms with E-state index in [9.17, 15) is 0 Å². The number of nitrogens with zero attached hydrogens (tertiary/aromatic N) is 3. The minimum Gasteiger partial charge on any atom is -1.00 e. The van der Waals surface area contributed by atoms with E-state index in [1.54, 1.807) is 0 Å². The summed E-state index contributed by atoms with van der Waals surface area (Å²) in [5, 5.41) is 0.650. The van der Waals surface area contributed by atoms with Crippen molar-refractivity contribution in [2.45, 2.75) is 107 Å². The maximum absolute atomic E-state index is 6.66. The van der Waals surface area contributed by atoms with Crippen LogP contribution in [-0.2, 0) is 42.5 Å². The molecule has 0 radical (unpaired) electrons. The number of hydrogen-bond donors (Lipinski definition) is 0. The average Bonchev–Trinajstić information content (AvgIpc) is 2.88. The van der Waals surface area contributed by atoms with E-state index in [4.69, 9.17) is 26.6 Å². The summed E-state index contributed by atoms with van der Waals surface area (Å²) in [4.78, 5) is 15.4. The number of pyridine rings is 1. The molecule has 0 saturated carbocycles. The van der Waals surface area contributed by atoms with Crippen molar-refractivity contribution in [1.82, 2.24) is 4.98 Å². The third-order valence-corrected chi connectivity index (χ3v) is 7.21. The molecule has 0 aliphatic carbocycles. The maximum atomic E-state index is 6.66. The van der Waals surface area contributed by atoms with Crippen LogP contribution in [0.25, 0.3) is 0 Å². The molecule has 8 heteroatoms. The van der Waals surface area contributed by atoms with Crippen molar-refractivity contribution >= 4 is 34.4 Å². The summed E-state index contributed by atoms with van der Waals surface area (Å²) >= 11 is 6.66. The second kappa shape index (κ2) is 21.4. The topological polar surface area (TPSA) is 37.6 Å². The van der Waals surface area contributed by atoms with E-state index in [2.05, 4.69) is 65.8 Å². The molecule has 0 unspecified atom stereocenters. The fourth-order valence-electron chi connectivity index (χ4n) is 5.31. The standard InChI is InChI=1S/C35H46ClN3.3ClH.Co/c1-9-13-27-17-23(5)18-28(14-10-2)34(27)37-25(7)32-21-31(36)22-33(39-32)26(8)38-35-29(15-11-3)19-24(6)20-30(35)16-12-4;;;;/h17-22H,9-16H2,1-8H3;3*1H;/q;;;;+3/p-3. The van der Waals surface area contributed by atoms with Crippen LogP contribution in [-0.4, -0.2) is 16.4 Å². The number of aliphatic imine (C=N–C) groups is 2. The fourth-order valence-corrected chi connectivity index (χ4v) is 5.52.